The van der Waals surface area contributed by atoms with Gasteiger partial charge in [0.25, 0.3) is 6.43 Å². The van der Waals surface area contributed by atoms with E-state index in [1.54, 1.807) is 0 Å². The summed E-state index contributed by atoms with van der Waals surface area (Å²) in [5, 5.41) is 0. The number of nitrogen functional groups attached to an aromatic ring is 1. The fourth-order valence-corrected chi connectivity index (χ4v) is 0.962. The van der Waals surface area contributed by atoms with Crippen LogP contribution in [0.25, 0.3) is 0 Å². The van der Waals surface area contributed by atoms with Gasteiger partial charge >= 0.3 is 0 Å². The maximum atomic E-state index is 12.3. The van der Waals surface area contributed by atoms with E-state index in [-0.39, 0.29) is 11.3 Å². The van der Waals surface area contributed by atoms with Crippen LogP contribution in [0.4, 0.5) is 14.5 Å². The molecule has 3 nitrogen and oxygen atoms in total. The minimum absolute atomic E-state index is 0.0691. The number of benzene rings is 1. The normalized spacial score (nSPS) is 10.2. The van der Waals surface area contributed by atoms with Crippen LogP contribution in [0.1, 0.15) is 22.3 Å². The van der Waals surface area contributed by atoms with E-state index in [4.69, 9.17) is 5.84 Å². The monoisotopic (exact) mass is 186 g/mol. The van der Waals surface area contributed by atoms with Crippen molar-refractivity contribution in [2.24, 2.45) is 5.84 Å². The molecule has 0 fully saturated rings. The highest BCUT2D eigenvalue weighted by Gasteiger charge is 2.12. The van der Waals surface area contributed by atoms with Gasteiger partial charge in [-0.1, -0.05) is 12.1 Å². The molecule has 1 aromatic rings. The largest absolute Gasteiger partial charge is 0.324 e. The molecule has 0 saturated carbocycles. The molecule has 0 aliphatic heterocycles. The Morgan fingerprint density at radius 1 is 1.46 bits per heavy atom. The zero-order valence-electron chi connectivity index (χ0n) is 6.63. The average molecular weight is 186 g/mol. The molecule has 0 atom stereocenters. The maximum absolute atomic E-state index is 12.3. The van der Waals surface area contributed by atoms with Crippen LogP contribution < -0.4 is 11.3 Å². The molecule has 1 aromatic carbocycles. The summed E-state index contributed by atoms with van der Waals surface area (Å²) in [5.74, 6) is 5.01. The topological polar surface area (TPSA) is 55.1 Å². The number of halogens is 2. The molecule has 13 heavy (non-hydrogen) atoms. The molecule has 1 rings (SSSR count). The number of hydrogen-bond acceptors (Lipinski definition) is 3. The molecule has 0 aromatic heterocycles. The fraction of sp³-hybridized carbons (Fsp3) is 0.125. The number of hydrogen-bond donors (Lipinski definition) is 2. The number of nitrogens with two attached hydrogens (primary N) is 1. The maximum Gasteiger partial charge on any atom is 0.265 e. The first kappa shape index (κ1) is 9.60. The Hall–Kier alpha value is -1.49. The molecule has 0 heterocycles. The molecule has 0 spiro atoms. The van der Waals surface area contributed by atoms with E-state index in [2.05, 4.69) is 5.43 Å². The van der Waals surface area contributed by atoms with Crippen molar-refractivity contribution < 1.29 is 13.6 Å². The third-order valence-electron chi connectivity index (χ3n) is 1.60. The number of rotatable bonds is 3. The standard InChI is InChI=1S/C8H8F2N2O/c9-8(10)6-2-1-5(4-13)3-7(6)12-11/h1-4,8,12H,11H2. The van der Waals surface area contributed by atoms with Gasteiger partial charge in [0, 0.05) is 11.1 Å². The number of anilines is 1. The second-order valence-corrected chi connectivity index (χ2v) is 2.41. The molecular weight excluding hydrogens is 178 g/mol. The Morgan fingerprint density at radius 2 is 2.15 bits per heavy atom. The van der Waals surface area contributed by atoms with Crippen LogP contribution >= 0.6 is 0 Å². The Morgan fingerprint density at radius 3 is 2.62 bits per heavy atom. The third-order valence-corrected chi connectivity index (χ3v) is 1.60. The van der Waals surface area contributed by atoms with Crippen LogP contribution in [-0.2, 0) is 0 Å². The Balaban J connectivity index is 3.15. The van der Waals surface area contributed by atoms with E-state index in [0.717, 1.165) is 0 Å². The Kier molecular flexibility index (Phi) is 2.92. The highest BCUT2D eigenvalue weighted by Crippen LogP contribution is 2.26. The summed E-state index contributed by atoms with van der Waals surface area (Å²) in [4.78, 5) is 10.3. The average Bonchev–Trinajstić information content (AvgIpc) is 2.16. The predicted octanol–water partition coefficient (Wildman–Crippen LogP) is 1.72. The van der Waals surface area contributed by atoms with Crippen molar-refractivity contribution in [3.63, 3.8) is 0 Å². The van der Waals surface area contributed by atoms with E-state index in [1.807, 2.05) is 0 Å². The first-order valence-electron chi connectivity index (χ1n) is 3.53. The molecule has 0 aliphatic carbocycles. The second-order valence-electron chi connectivity index (χ2n) is 2.41. The van der Waals surface area contributed by atoms with Gasteiger partial charge in [-0.25, -0.2) is 8.78 Å². The zero-order valence-corrected chi connectivity index (χ0v) is 6.63. The molecule has 0 unspecified atom stereocenters. The van der Waals surface area contributed by atoms with Gasteiger partial charge in [0.1, 0.15) is 6.29 Å². The lowest BCUT2D eigenvalue weighted by molar-refractivity contribution is 0.112. The highest BCUT2D eigenvalue weighted by atomic mass is 19.3. The van der Waals surface area contributed by atoms with Crippen LogP contribution in [0, 0.1) is 0 Å². The van der Waals surface area contributed by atoms with Gasteiger partial charge in [0.15, 0.2) is 0 Å². The molecule has 0 aliphatic rings. The van der Waals surface area contributed by atoms with E-state index in [0.29, 0.717) is 11.8 Å². The van der Waals surface area contributed by atoms with Crippen LogP contribution in [-0.4, -0.2) is 6.29 Å². The van der Waals surface area contributed by atoms with Crippen LogP contribution in [0.5, 0.6) is 0 Å². The lowest BCUT2D eigenvalue weighted by atomic mass is 10.1. The molecule has 5 heteroatoms. The summed E-state index contributed by atoms with van der Waals surface area (Å²) in [5.41, 5.74) is 2.27. The molecule has 0 radical (unpaired) electrons. The summed E-state index contributed by atoms with van der Waals surface area (Å²) in [6.07, 6.45) is -2.04. The minimum Gasteiger partial charge on any atom is -0.324 e. The van der Waals surface area contributed by atoms with E-state index >= 15 is 0 Å². The number of nitrogens with one attached hydrogen (secondary N) is 1. The lowest BCUT2D eigenvalue weighted by Crippen LogP contribution is -2.09. The van der Waals surface area contributed by atoms with Crippen molar-refractivity contribution in [2.45, 2.75) is 6.43 Å². The molecule has 0 saturated heterocycles. The highest BCUT2D eigenvalue weighted by molar-refractivity contribution is 5.77. The minimum atomic E-state index is -2.60. The number of carbonyl (C=O) groups excluding carboxylic acids is 1. The van der Waals surface area contributed by atoms with Crippen LogP contribution in [0.2, 0.25) is 0 Å². The van der Waals surface area contributed by atoms with Gasteiger partial charge < -0.3 is 5.43 Å². The Labute approximate surface area is 73.5 Å². The Bertz CT molecular complexity index is 315. The van der Waals surface area contributed by atoms with Crippen LogP contribution in [0.3, 0.4) is 0 Å². The number of carbonyl (C=O) groups is 1. The molecule has 3 N–H and O–H groups in total. The smallest absolute Gasteiger partial charge is 0.265 e. The summed E-state index contributed by atoms with van der Waals surface area (Å²) >= 11 is 0. The van der Waals surface area contributed by atoms with Crippen molar-refractivity contribution in [1.29, 1.82) is 0 Å². The van der Waals surface area contributed by atoms with Crippen molar-refractivity contribution in [1.82, 2.24) is 0 Å². The van der Waals surface area contributed by atoms with Gasteiger partial charge in [-0.3, -0.25) is 10.6 Å². The van der Waals surface area contributed by atoms with E-state index < -0.39 is 6.43 Å². The van der Waals surface area contributed by atoms with Crippen molar-refractivity contribution in [2.75, 3.05) is 5.43 Å². The predicted molar refractivity (Wildman–Crippen MR) is 44.6 cm³/mol. The van der Waals surface area contributed by atoms with Crippen molar-refractivity contribution in [3.05, 3.63) is 29.3 Å². The number of alkyl halides is 2. The second kappa shape index (κ2) is 3.95. The van der Waals surface area contributed by atoms with Gasteiger partial charge in [-0.05, 0) is 6.07 Å². The molecule has 0 amide bonds. The first-order chi connectivity index (χ1) is 6.19. The van der Waals surface area contributed by atoms with E-state index in [1.165, 1.54) is 18.2 Å². The summed E-state index contributed by atoms with van der Waals surface area (Å²) < 4.78 is 24.5. The number of hydrazine groups is 1. The molecular formula is C8H8F2N2O. The molecule has 0 bridgehead atoms. The fourth-order valence-electron chi connectivity index (χ4n) is 0.962. The molecule has 70 valence electrons. The third kappa shape index (κ3) is 2.00. The summed E-state index contributed by atoms with van der Waals surface area (Å²) in [6, 6.07) is 3.76. The van der Waals surface area contributed by atoms with Crippen molar-refractivity contribution in [3.8, 4) is 0 Å². The van der Waals surface area contributed by atoms with Gasteiger partial charge in [-0.2, -0.15) is 0 Å². The van der Waals surface area contributed by atoms with Gasteiger partial charge in [0.2, 0.25) is 0 Å². The zero-order chi connectivity index (χ0) is 9.84. The SMILES string of the molecule is NNc1cc(C=O)ccc1C(F)F. The summed E-state index contributed by atoms with van der Waals surface area (Å²) in [7, 11) is 0. The summed E-state index contributed by atoms with van der Waals surface area (Å²) in [6.45, 7) is 0. The first-order valence-corrected chi connectivity index (χ1v) is 3.53. The van der Waals surface area contributed by atoms with Gasteiger partial charge in [0.05, 0.1) is 5.69 Å². The van der Waals surface area contributed by atoms with Crippen molar-refractivity contribution >= 4 is 12.0 Å². The van der Waals surface area contributed by atoms with E-state index in [9.17, 15) is 13.6 Å². The quantitative estimate of drug-likeness (QED) is 0.429. The van der Waals surface area contributed by atoms with Gasteiger partial charge in [-0.15, -0.1) is 0 Å². The number of aldehydes is 1. The lowest BCUT2D eigenvalue weighted by Gasteiger charge is -2.07. The van der Waals surface area contributed by atoms with Crippen LogP contribution in [0.15, 0.2) is 18.2 Å².